The van der Waals surface area contributed by atoms with Crippen molar-refractivity contribution < 1.29 is 8.42 Å². The van der Waals surface area contributed by atoms with Crippen molar-refractivity contribution in [2.75, 3.05) is 0 Å². The summed E-state index contributed by atoms with van der Waals surface area (Å²) in [6.07, 6.45) is 4.09. The van der Waals surface area contributed by atoms with Gasteiger partial charge in [-0.05, 0) is 48.0 Å². The largest absolute Gasteiger partial charge is 0.290 e. The Hall–Kier alpha value is -4.44. The molecule has 3 heterocycles. The van der Waals surface area contributed by atoms with Crippen LogP contribution in [-0.2, 0) is 16.4 Å². The molecule has 10 heteroatoms. The van der Waals surface area contributed by atoms with Crippen molar-refractivity contribution in [3.05, 3.63) is 97.1 Å². The van der Waals surface area contributed by atoms with Gasteiger partial charge >= 0.3 is 0 Å². The fourth-order valence-corrected chi connectivity index (χ4v) is 4.71. The third-order valence-electron chi connectivity index (χ3n) is 5.39. The van der Waals surface area contributed by atoms with Crippen LogP contribution in [-0.4, -0.2) is 43.9 Å². The molecule has 5 rings (SSSR count). The maximum absolute atomic E-state index is 12.5. The minimum atomic E-state index is -3.86. The second kappa shape index (κ2) is 8.49. The fourth-order valence-electron chi connectivity index (χ4n) is 3.65. The number of fused-ring (bicyclic) bond motifs is 2. The second-order valence-corrected chi connectivity index (χ2v) is 9.33. The second-order valence-electron chi connectivity index (χ2n) is 7.48. The van der Waals surface area contributed by atoms with E-state index in [-0.39, 0.29) is 4.90 Å². The monoisotopic (exact) mass is 469 g/mol. The highest BCUT2D eigenvalue weighted by Crippen LogP contribution is 2.22. The van der Waals surface area contributed by atoms with Crippen LogP contribution in [0.3, 0.4) is 0 Å². The highest BCUT2D eigenvalue weighted by Gasteiger charge is 2.19. The third-order valence-corrected chi connectivity index (χ3v) is 7.07. The average Bonchev–Trinajstić information content (AvgIpc) is 3.26. The van der Waals surface area contributed by atoms with Gasteiger partial charge < -0.3 is 0 Å². The Morgan fingerprint density at radius 3 is 2.62 bits per heavy atom. The molecule has 9 nitrogen and oxygen atoms in total. The molecule has 0 saturated carbocycles. The highest BCUT2D eigenvalue weighted by atomic mass is 32.2. The van der Waals surface area contributed by atoms with Crippen molar-refractivity contribution >= 4 is 32.9 Å². The SMILES string of the molecule is C=CN(C=N)S(=O)(=O)c1ccc(-c2ccc3nnc(Cc4ccc5ncccc5c4)n3n2)cc1. The molecule has 3 aromatic heterocycles. The minimum Gasteiger partial charge on any atom is -0.290 e. The van der Waals surface area contributed by atoms with Gasteiger partial charge in [-0.15, -0.1) is 10.2 Å². The van der Waals surface area contributed by atoms with Crippen LogP contribution < -0.4 is 0 Å². The molecule has 5 aromatic rings. The van der Waals surface area contributed by atoms with E-state index in [1.165, 1.54) is 12.1 Å². The zero-order chi connectivity index (χ0) is 23.7. The van der Waals surface area contributed by atoms with Crippen molar-refractivity contribution in [1.29, 1.82) is 5.41 Å². The molecule has 0 saturated heterocycles. The highest BCUT2D eigenvalue weighted by molar-refractivity contribution is 7.89. The molecule has 0 fully saturated rings. The molecule has 0 aliphatic carbocycles. The normalized spacial score (nSPS) is 11.5. The van der Waals surface area contributed by atoms with E-state index < -0.39 is 10.0 Å². The van der Waals surface area contributed by atoms with Gasteiger partial charge in [0.2, 0.25) is 0 Å². The van der Waals surface area contributed by atoms with E-state index in [4.69, 9.17) is 10.5 Å². The number of hydrogen-bond acceptors (Lipinski definition) is 7. The Kier molecular flexibility index (Phi) is 5.34. The van der Waals surface area contributed by atoms with Crippen molar-refractivity contribution in [2.24, 2.45) is 0 Å². The summed E-state index contributed by atoms with van der Waals surface area (Å²) < 4.78 is 27.5. The predicted octanol–water partition coefficient (Wildman–Crippen LogP) is 3.67. The number of nitrogens with one attached hydrogen (secondary N) is 1. The summed E-state index contributed by atoms with van der Waals surface area (Å²) in [5.41, 5.74) is 3.99. The zero-order valence-corrected chi connectivity index (χ0v) is 18.7. The number of hydrogen-bond donors (Lipinski definition) is 1. The molecule has 0 radical (unpaired) electrons. The molecule has 0 aliphatic rings. The van der Waals surface area contributed by atoms with Crippen molar-refractivity contribution in [3.8, 4) is 11.3 Å². The Bertz CT molecular complexity index is 1640. The number of pyridine rings is 1. The maximum Gasteiger partial charge on any atom is 0.268 e. The summed E-state index contributed by atoms with van der Waals surface area (Å²) >= 11 is 0. The van der Waals surface area contributed by atoms with Crippen LogP contribution in [0.15, 0.2) is 90.6 Å². The standard InChI is InChI=1S/C24H19N7O2S/c1-2-30(16-25)34(32,33)20-8-6-18(7-9-20)22-11-12-23-27-28-24(31(23)29-22)15-17-5-10-21-19(14-17)4-3-13-26-21/h2-14,16,25H,1,15H2. The van der Waals surface area contributed by atoms with Gasteiger partial charge in [0.1, 0.15) is 6.34 Å². The lowest BCUT2D eigenvalue weighted by Gasteiger charge is -2.14. The first-order valence-electron chi connectivity index (χ1n) is 10.3. The van der Waals surface area contributed by atoms with Crippen molar-refractivity contribution in [2.45, 2.75) is 11.3 Å². The Morgan fingerprint density at radius 1 is 1.03 bits per heavy atom. The van der Waals surface area contributed by atoms with Gasteiger partial charge in [-0.2, -0.15) is 9.61 Å². The summed E-state index contributed by atoms with van der Waals surface area (Å²) in [4.78, 5) is 4.41. The molecule has 0 spiro atoms. The number of aromatic nitrogens is 5. The first kappa shape index (κ1) is 21.4. The lowest BCUT2D eigenvalue weighted by Crippen LogP contribution is -2.23. The van der Waals surface area contributed by atoms with Crippen LogP contribution >= 0.6 is 0 Å². The van der Waals surface area contributed by atoms with Gasteiger partial charge in [0.05, 0.1) is 16.1 Å². The Morgan fingerprint density at radius 2 is 1.85 bits per heavy atom. The van der Waals surface area contributed by atoms with E-state index in [2.05, 4.69) is 27.8 Å². The number of benzene rings is 2. The molecule has 0 aliphatic heterocycles. The van der Waals surface area contributed by atoms with Crippen molar-refractivity contribution in [1.82, 2.24) is 29.1 Å². The Balaban J connectivity index is 1.47. The lowest BCUT2D eigenvalue weighted by molar-refractivity contribution is 0.565. The van der Waals surface area contributed by atoms with E-state index in [9.17, 15) is 8.42 Å². The fraction of sp³-hybridized carbons (Fsp3) is 0.0417. The molecule has 0 bridgehead atoms. The Labute approximate surface area is 195 Å². The smallest absolute Gasteiger partial charge is 0.268 e. The zero-order valence-electron chi connectivity index (χ0n) is 17.9. The van der Waals surface area contributed by atoms with Crippen LogP contribution in [0.4, 0.5) is 0 Å². The first-order valence-corrected chi connectivity index (χ1v) is 11.8. The van der Waals surface area contributed by atoms with E-state index in [0.29, 0.717) is 29.9 Å². The van der Waals surface area contributed by atoms with E-state index in [1.807, 2.05) is 36.4 Å². The summed E-state index contributed by atoms with van der Waals surface area (Å²) in [6.45, 7) is 3.43. The van der Waals surface area contributed by atoms with Gasteiger partial charge in [0.25, 0.3) is 10.0 Å². The molecule has 0 amide bonds. The molecule has 34 heavy (non-hydrogen) atoms. The van der Waals surface area contributed by atoms with E-state index in [0.717, 1.165) is 32.5 Å². The van der Waals surface area contributed by atoms with Gasteiger partial charge in [-0.25, -0.2) is 12.7 Å². The van der Waals surface area contributed by atoms with Gasteiger partial charge in [0.15, 0.2) is 11.5 Å². The van der Waals surface area contributed by atoms with E-state index in [1.54, 1.807) is 22.8 Å². The molecule has 1 N–H and O–H groups in total. The molecular formula is C24H19N7O2S. The molecule has 168 valence electrons. The quantitative estimate of drug-likeness (QED) is 0.287. The number of sulfonamides is 1. The van der Waals surface area contributed by atoms with Crippen LogP contribution in [0.5, 0.6) is 0 Å². The summed E-state index contributed by atoms with van der Waals surface area (Å²) in [5.74, 6) is 0.687. The summed E-state index contributed by atoms with van der Waals surface area (Å²) in [7, 11) is -3.86. The van der Waals surface area contributed by atoms with Crippen LogP contribution in [0.1, 0.15) is 11.4 Å². The van der Waals surface area contributed by atoms with Gasteiger partial charge in [-0.3, -0.25) is 10.4 Å². The van der Waals surface area contributed by atoms with Gasteiger partial charge in [-0.1, -0.05) is 30.8 Å². The molecule has 0 atom stereocenters. The predicted molar refractivity (Wildman–Crippen MR) is 129 cm³/mol. The molecule has 0 unspecified atom stereocenters. The number of rotatable bonds is 7. The van der Waals surface area contributed by atoms with Crippen LogP contribution in [0.2, 0.25) is 0 Å². The van der Waals surface area contributed by atoms with Crippen molar-refractivity contribution in [3.63, 3.8) is 0 Å². The maximum atomic E-state index is 12.5. The lowest BCUT2D eigenvalue weighted by atomic mass is 10.1. The summed E-state index contributed by atoms with van der Waals surface area (Å²) in [5, 5.41) is 21.5. The third kappa shape index (κ3) is 3.80. The van der Waals surface area contributed by atoms with Crippen LogP contribution in [0, 0.1) is 5.41 Å². The number of nitrogens with zero attached hydrogens (tertiary/aromatic N) is 6. The molecule has 2 aromatic carbocycles. The minimum absolute atomic E-state index is 0.0523. The summed E-state index contributed by atoms with van der Waals surface area (Å²) in [6, 6.07) is 19.9. The van der Waals surface area contributed by atoms with Crippen LogP contribution in [0.25, 0.3) is 27.8 Å². The average molecular weight is 470 g/mol. The first-order chi connectivity index (χ1) is 16.5. The topological polar surface area (TPSA) is 117 Å². The molecular weight excluding hydrogens is 450 g/mol. The van der Waals surface area contributed by atoms with Gasteiger partial charge in [0, 0.05) is 29.8 Å². The van der Waals surface area contributed by atoms with E-state index >= 15 is 0 Å².